The van der Waals surface area contributed by atoms with E-state index in [-0.39, 0.29) is 23.7 Å². The van der Waals surface area contributed by atoms with E-state index in [9.17, 15) is 13.2 Å². The number of nitrogens with one attached hydrogen (secondary N) is 2. The molecular formula is C15H17N3O3S. The highest BCUT2D eigenvalue weighted by Gasteiger charge is 2.13. The Morgan fingerprint density at radius 3 is 2.55 bits per heavy atom. The molecule has 0 radical (unpaired) electrons. The van der Waals surface area contributed by atoms with Gasteiger partial charge in [-0.1, -0.05) is 18.2 Å². The van der Waals surface area contributed by atoms with E-state index in [1.54, 1.807) is 24.3 Å². The molecule has 0 atom stereocenters. The van der Waals surface area contributed by atoms with Gasteiger partial charge in [-0.3, -0.25) is 14.5 Å². The van der Waals surface area contributed by atoms with Crippen molar-refractivity contribution in [3.63, 3.8) is 0 Å². The maximum Gasteiger partial charge on any atom is 0.253 e. The highest BCUT2D eigenvalue weighted by atomic mass is 32.2. The molecule has 0 saturated heterocycles. The quantitative estimate of drug-likeness (QED) is 0.878. The smallest absolute Gasteiger partial charge is 0.253 e. The van der Waals surface area contributed by atoms with Crippen LogP contribution in [-0.2, 0) is 16.6 Å². The first-order valence-corrected chi connectivity index (χ1v) is 8.52. The predicted molar refractivity (Wildman–Crippen MR) is 85.1 cm³/mol. The van der Waals surface area contributed by atoms with Crippen molar-refractivity contribution in [3.05, 3.63) is 59.4 Å². The molecule has 0 aliphatic rings. The van der Waals surface area contributed by atoms with Gasteiger partial charge in [-0.25, -0.2) is 8.42 Å². The Morgan fingerprint density at radius 2 is 1.86 bits per heavy atom. The number of anilines is 1. The lowest BCUT2D eigenvalue weighted by Crippen LogP contribution is -2.25. The van der Waals surface area contributed by atoms with Crippen LogP contribution in [-0.4, -0.2) is 25.6 Å². The summed E-state index contributed by atoms with van der Waals surface area (Å²) in [7, 11) is -3.45. The van der Waals surface area contributed by atoms with Crippen LogP contribution in [0, 0.1) is 6.92 Å². The number of rotatable bonds is 5. The third-order valence-corrected chi connectivity index (χ3v) is 3.43. The third kappa shape index (κ3) is 4.56. The molecule has 22 heavy (non-hydrogen) atoms. The molecule has 2 aromatic rings. The summed E-state index contributed by atoms with van der Waals surface area (Å²) in [4.78, 5) is 16.5. The first-order valence-electron chi connectivity index (χ1n) is 6.63. The molecule has 7 heteroatoms. The van der Waals surface area contributed by atoms with E-state index in [1.807, 2.05) is 25.1 Å². The van der Waals surface area contributed by atoms with Gasteiger partial charge in [-0.2, -0.15) is 0 Å². The minimum Gasteiger partial charge on any atom is -0.346 e. The number of benzene rings is 1. The van der Waals surface area contributed by atoms with Crippen LogP contribution >= 0.6 is 0 Å². The molecule has 2 rings (SSSR count). The van der Waals surface area contributed by atoms with Crippen LogP contribution < -0.4 is 10.0 Å². The van der Waals surface area contributed by atoms with Crippen molar-refractivity contribution in [3.8, 4) is 0 Å². The normalized spacial score (nSPS) is 11.0. The number of carbonyl (C=O) groups excluding carboxylic acids is 1. The molecule has 116 valence electrons. The first kappa shape index (κ1) is 16.0. The molecule has 0 fully saturated rings. The standard InChI is InChI=1S/C15H17N3O3S/c1-11-6-5-7-12(17-11)10-16-15(19)13-8-3-4-9-14(13)18-22(2,20)21/h3-9,18H,10H2,1-2H3,(H,16,19). The Balaban J connectivity index is 2.13. The second-order valence-corrected chi connectivity index (χ2v) is 6.62. The van der Waals surface area contributed by atoms with Crippen LogP contribution in [0.15, 0.2) is 42.5 Å². The van der Waals surface area contributed by atoms with Gasteiger partial charge in [0.05, 0.1) is 29.7 Å². The highest BCUT2D eigenvalue weighted by molar-refractivity contribution is 7.92. The van der Waals surface area contributed by atoms with Crippen molar-refractivity contribution in [2.45, 2.75) is 13.5 Å². The summed E-state index contributed by atoms with van der Waals surface area (Å²) in [6.45, 7) is 2.14. The van der Waals surface area contributed by atoms with E-state index >= 15 is 0 Å². The van der Waals surface area contributed by atoms with Crippen LogP contribution in [0.25, 0.3) is 0 Å². The van der Waals surface area contributed by atoms with Gasteiger partial charge in [0.2, 0.25) is 10.0 Å². The lowest BCUT2D eigenvalue weighted by molar-refractivity contribution is 0.0951. The summed E-state index contributed by atoms with van der Waals surface area (Å²) < 4.78 is 25.0. The fourth-order valence-corrected chi connectivity index (χ4v) is 2.51. The minimum atomic E-state index is -3.45. The average molecular weight is 319 g/mol. The van der Waals surface area contributed by atoms with E-state index in [1.165, 1.54) is 0 Å². The van der Waals surface area contributed by atoms with Crippen molar-refractivity contribution >= 4 is 21.6 Å². The number of nitrogens with zero attached hydrogens (tertiary/aromatic N) is 1. The Hall–Kier alpha value is -2.41. The van der Waals surface area contributed by atoms with Crippen LogP contribution in [0.1, 0.15) is 21.7 Å². The van der Waals surface area contributed by atoms with E-state index < -0.39 is 10.0 Å². The number of hydrogen-bond donors (Lipinski definition) is 2. The summed E-state index contributed by atoms with van der Waals surface area (Å²) in [5, 5.41) is 2.73. The number of pyridine rings is 1. The molecular weight excluding hydrogens is 302 g/mol. The summed E-state index contributed by atoms with van der Waals surface area (Å²) in [5.74, 6) is -0.366. The number of aromatic nitrogens is 1. The van der Waals surface area contributed by atoms with E-state index in [0.717, 1.165) is 17.6 Å². The van der Waals surface area contributed by atoms with Gasteiger partial charge in [0, 0.05) is 5.69 Å². The zero-order valence-electron chi connectivity index (χ0n) is 12.3. The lowest BCUT2D eigenvalue weighted by atomic mass is 10.1. The van der Waals surface area contributed by atoms with Crippen LogP contribution in [0.2, 0.25) is 0 Å². The zero-order valence-corrected chi connectivity index (χ0v) is 13.1. The zero-order chi connectivity index (χ0) is 16.2. The van der Waals surface area contributed by atoms with Crippen LogP contribution in [0.5, 0.6) is 0 Å². The molecule has 0 bridgehead atoms. The number of para-hydroxylation sites is 1. The molecule has 0 saturated carbocycles. The molecule has 0 unspecified atom stereocenters. The third-order valence-electron chi connectivity index (χ3n) is 2.84. The van der Waals surface area contributed by atoms with Gasteiger partial charge in [-0.05, 0) is 31.2 Å². The molecule has 1 amide bonds. The molecule has 1 aromatic heterocycles. The summed E-state index contributed by atoms with van der Waals surface area (Å²) in [6.07, 6.45) is 1.04. The minimum absolute atomic E-state index is 0.250. The average Bonchev–Trinajstić information content (AvgIpc) is 2.44. The fourth-order valence-electron chi connectivity index (χ4n) is 1.93. The van der Waals surface area contributed by atoms with Gasteiger partial charge in [0.25, 0.3) is 5.91 Å². The van der Waals surface area contributed by atoms with E-state index in [4.69, 9.17) is 0 Å². The monoisotopic (exact) mass is 319 g/mol. The first-order chi connectivity index (χ1) is 10.3. The number of amides is 1. The van der Waals surface area contributed by atoms with Crippen molar-refractivity contribution < 1.29 is 13.2 Å². The number of carbonyl (C=O) groups is 1. The van der Waals surface area contributed by atoms with E-state index in [2.05, 4.69) is 15.0 Å². The highest BCUT2D eigenvalue weighted by Crippen LogP contribution is 2.16. The Bertz CT molecular complexity index is 788. The summed E-state index contributed by atoms with van der Waals surface area (Å²) in [6, 6.07) is 12.0. The molecule has 0 aliphatic carbocycles. The molecule has 0 aliphatic heterocycles. The lowest BCUT2D eigenvalue weighted by Gasteiger charge is -2.11. The molecule has 2 N–H and O–H groups in total. The molecule has 1 heterocycles. The van der Waals surface area contributed by atoms with Crippen molar-refractivity contribution in [2.75, 3.05) is 11.0 Å². The van der Waals surface area contributed by atoms with E-state index in [0.29, 0.717) is 0 Å². The van der Waals surface area contributed by atoms with Crippen molar-refractivity contribution in [1.82, 2.24) is 10.3 Å². The van der Waals surface area contributed by atoms with Crippen LogP contribution in [0.3, 0.4) is 0 Å². The number of sulfonamides is 1. The predicted octanol–water partition coefficient (Wildman–Crippen LogP) is 1.69. The SMILES string of the molecule is Cc1cccc(CNC(=O)c2ccccc2NS(C)(=O)=O)n1. The van der Waals surface area contributed by atoms with Gasteiger partial charge in [0.15, 0.2) is 0 Å². The largest absolute Gasteiger partial charge is 0.346 e. The van der Waals surface area contributed by atoms with Gasteiger partial charge < -0.3 is 5.32 Å². The summed E-state index contributed by atoms with van der Waals surface area (Å²) in [5.41, 5.74) is 2.12. The molecule has 0 spiro atoms. The maximum atomic E-state index is 12.2. The molecule has 1 aromatic carbocycles. The number of aryl methyl sites for hydroxylation is 1. The second kappa shape index (κ2) is 6.57. The Morgan fingerprint density at radius 1 is 1.14 bits per heavy atom. The Kier molecular flexibility index (Phi) is 4.77. The van der Waals surface area contributed by atoms with Crippen molar-refractivity contribution in [1.29, 1.82) is 0 Å². The summed E-state index contributed by atoms with van der Waals surface area (Å²) >= 11 is 0. The topological polar surface area (TPSA) is 88.2 Å². The van der Waals surface area contributed by atoms with Gasteiger partial charge >= 0.3 is 0 Å². The second-order valence-electron chi connectivity index (χ2n) is 4.87. The fraction of sp³-hybridized carbons (Fsp3) is 0.200. The van der Waals surface area contributed by atoms with Crippen LogP contribution in [0.4, 0.5) is 5.69 Å². The maximum absolute atomic E-state index is 12.2. The van der Waals surface area contributed by atoms with Gasteiger partial charge in [-0.15, -0.1) is 0 Å². The van der Waals surface area contributed by atoms with Crippen molar-refractivity contribution in [2.24, 2.45) is 0 Å². The number of hydrogen-bond acceptors (Lipinski definition) is 4. The molecule has 6 nitrogen and oxygen atoms in total. The Labute approximate surface area is 129 Å². The van der Waals surface area contributed by atoms with Gasteiger partial charge in [0.1, 0.15) is 0 Å².